The Balaban J connectivity index is 1.80. The van der Waals surface area contributed by atoms with Gasteiger partial charge in [-0.05, 0) is 63.7 Å². The number of carbonyl (C=O) groups is 3. The maximum absolute atomic E-state index is 14.1. The minimum absolute atomic E-state index is 0.0204. The van der Waals surface area contributed by atoms with Crippen molar-refractivity contribution in [2.45, 2.75) is 147 Å². The zero-order chi connectivity index (χ0) is 35.3. The van der Waals surface area contributed by atoms with Gasteiger partial charge in [0.25, 0.3) is 0 Å². The summed E-state index contributed by atoms with van der Waals surface area (Å²) in [5.41, 5.74) is 0. The zero-order valence-electron chi connectivity index (χ0n) is 30.6. The van der Waals surface area contributed by atoms with Crippen LogP contribution in [0.25, 0.3) is 0 Å². The molecule has 3 N–H and O–H groups in total. The highest BCUT2D eigenvalue weighted by molar-refractivity contribution is 7.90. The summed E-state index contributed by atoms with van der Waals surface area (Å²) >= 11 is 0. The van der Waals surface area contributed by atoms with Crippen LogP contribution in [-0.2, 0) is 24.4 Å². The Hall–Kier alpha value is -1.76. The van der Waals surface area contributed by atoms with Gasteiger partial charge in [0.05, 0.1) is 17.4 Å². The molecule has 3 saturated carbocycles. The Labute approximate surface area is 291 Å². The van der Waals surface area contributed by atoms with Crippen LogP contribution in [0.5, 0.6) is 0 Å². The molecule has 0 heterocycles. The van der Waals surface area contributed by atoms with Gasteiger partial charge in [-0.15, -0.1) is 4.83 Å². The molecule has 0 aliphatic heterocycles. The van der Waals surface area contributed by atoms with Crippen molar-refractivity contribution in [3.05, 3.63) is 0 Å². The van der Waals surface area contributed by atoms with Gasteiger partial charge in [0, 0.05) is 58.0 Å². The van der Waals surface area contributed by atoms with Gasteiger partial charge in [0.15, 0.2) is 0 Å². The molecule has 3 fully saturated rings. The van der Waals surface area contributed by atoms with Crippen molar-refractivity contribution in [3.8, 4) is 0 Å². The van der Waals surface area contributed by atoms with Crippen molar-refractivity contribution in [1.82, 2.24) is 25.0 Å². The molecule has 11 nitrogen and oxygen atoms in total. The van der Waals surface area contributed by atoms with Crippen molar-refractivity contribution in [2.75, 3.05) is 40.3 Å². The highest BCUT2D eigenvalue weighted by Gasteiger charge is 2.42. The van der Waals surface area contributed by atoms with Crippen molar-refractivity contribution < 1.29 is 27.9 Å². The molecule has 0 radical (unpaired) electrons. The number of nitrogens with one attached hydrogen (secondary N) is 2. The minimum atomic E-state index is -3.59. The number of hydrogen-bond acceptors (Lipinski definition) is 7. The molecule has 278 valence electrons. The van der Waals surface area contributed by atoms with E-state index in [0.717, 1.165) is 57.8 Å². The quantitative estimate of drug-likeness (QED) is 0.180. The van der Waals surface area contributed by atoms with Crippen LogP contribution in [-0.4, -0.2) is 104 Å². The lowest BCUT2D eigenvalue weighted by Gasteiger charge is -2.38. The van der Waals surface area contributed by atoms with Crippen LogP contribution in [0.4, 0.5) is 0 Å². The molecule has 3 aliphatic carbocycles. The maximum Gasteiger partial charge on any atom is 0.227 e. The van der Waals surface area contributed by atoms with E-state index in [2.05, 4.69) is 10.1 Å². The minimum Gasteiger partial charge on any atom is -0.390 e. The molecular formula is C36H67N5O6S. The summed E-state index contributed by atoms with van der Waals surface area (Å²) < 4.78 is 26.6. The van der Waals surface area contributed by atoms with Gasteiger partial charge in [0.2, 0.25) is 27.7 Å². The number of hydrazine groups is 1. The SMILES string of the molecule is CCCN(CC(O)C(CC1CCCCC1)NC(=O)C1CC(C(=O)N(C)C)CC(C(=O)N(CCC)CCC)C1)NS(=O)(=O)C1CCCCC1. The standard InChI is InChI=1S/C36H67N5O6S/c1-6-19-40(20-7-2)36(45)30-24-28(23-29(25-30)35(44)39(4)5)34(43)37-32(22-27-15-11-9-12-16-27)33(42)26-41(21-8-3)38-48(46,47)31-17-13-10-14-18-31/h27-33,38,42H,6-26H2,1-5H3,(H,37,43). The molecule has 0 bridgehead atoms. The molecule has 0 aromatic carbocycles. The largest absolute Gasteiger partial charge is 0.390 e. The molecule has 5 unspecified atom stereocenters. The number of hydrogen-bond donors (Lipinski definition) is 3. The second-order valence-corrected chi connectivity index (χ2v) is 17.1. The third-order valence-corrected chi connectivity index (χ3v) is 12.6. The Morgan fingerprint density at radius 2 is 1.27 bits per heavy atom. The van der Waals surface area contributed by atoms with Crippen molar-refractivity contribution in [2.24, 2.45) is 23.7 Å². The number of amides is 3. The Morgan fingerprint density at radius 1 is 0.750 bits per heavy atom. The van der Waals surface area contributed by atoms with E-state index < -0.39 is 45.2 Å². The predicted octanol–water partition coefficient (Wildman–Crippen LogP) is 4.45. The zero-order valence-corrected chi connectivity index (χ0v) is 31.4. The van der Waals surface area contributed by atoms with Gasteiger partial charge in [-0.3, -0.25) is 14.4 Å². The summed E-state index contributed by atoms with van der Waals surface area (Å²) in [5.74, 6) is -1.31. The molecule has 12 heteroatoms. The number of rotatable bonds is 18. The number of aliphatic hydroxyl groups excluding tert-OH is 1. The summed E-state index contributed by atoms with van der Waals surface area (Å²) in [4.78, 5) is 47.3. The van der Waals surface area contributed by atoms with Crippen LogP contribution in [0.2, 0.25) is 0 Å². The van der Waals surface area contributed by atoms with Gasteiger partial charge in [0.1, 0.15) is 0 Å². The second kappa shape index (κ2) is 20.2. The number of sulfonamides is 1. The van der Waals surface area contributed by atoms with Crippen molar-refractivity contribution in [3.63, 3.8) is 0 Å². The van der Waals surface area contributed by atoms with Gasteiger partial charge in [-0.25, -0.2) is 13.4 Å². The highest BCUT2D eigenvalue weighted by atomic mass is 32.2. The number of nitrogens with zero attached hydrogens (tertiary/aromatic N) is 3. The third-order valence-electron chi connectivity index (χ3n) is 10.8. The van der Waals surface area contributed by atoms with E-state index in [-0.39, 0.29) is 24.3 Å². The fraction of sp³-hybridized carbons (Fsp3) is 0.917. The molecule has 48 heavy (non-hydrogen) atoms. The molecule has 0 spiro atoms. The average Bonchev–Trinajstić information content (AvgIpc) is 3.07. The number of aliphatic hydroxyl groups is 1. The second-order valence-electron chi connectivity index (χ2n) is 15.1. The molecule has 0 aromatic heterocycles. The van der Waals surface area contributed by atoms with E-state index in [0.29, 0.717) is 70.5 Å². The van der Waals surface area contributed by atoms with E-state index in [4.69, 9.17) is 0 Å². The molecule has 0 saturated heterocycles. The fourth-order valence-corrected chi connectivity index (χ4v) is 9.88. The predicted molar refractivity (Wildman–Crippen MR) is 190 cm³/mol. The van der Waals surface area contributed by atoms with Crippen LogP contribution in [0.1, 0.15) is 130 Å². The first-order chi connectivity index (χ1) is 22.9. The first kappa shape index (κ1) is 40.7. The van der Waals surface area contributed by atoms with E-state index >= 15 is 0 Å². The monoisotopic (exact) mass is 697 g/mol. The molecule has 3 amide bonds. The Morgan fingerprint density at radius 3 is 1.81 bits per heavy atom. The highest BCUT2D eigenvalue weighted by Crippen LogP contribution is 2.36. The van der Waals surface area contributed by atoms with E-state index in [1.54, 1.807) is 24.0 Å². The Kier molecular flexibility index (Phi) is 17.1. The van der Waals surface area contributed by atoms with Crippen molar-refractivity contribution >= 4 is 27.7 Å². The summed E-state index contributed by atoms with van der Waals surface area (Å²) in [6.07, 6.45) is 12.8. The lowest BCUT2D eigenvalue weighted by atomic mass is 9.73. The van der Waals surface area contributed by atoms with Crippen molar-refractivity contribution in [1.29, 1.82) is 0 Å². The average molecular weight is 698 g/mol. The first-order valence-electron chi connectivity index (χ1n) is 19.1. The van der Waals surface area contributed by atoms with Gasteiger partial charge < -0.3 is 20.2 Å². The molecule has 5 atom stereocenters. The van der Waals surface area contributed by atoms with Crippen LogP contribution < -0.4 is 10.1 Å². The Bertz CT molecular complexity index is 1100. The van der Waals surface area contributed by atoms with E-state index in [9.17, 15) is 27.9 Å². The van der Waals surface area contributed by atoms with Crippen LogP contribution in [0, 0.1) is 23.7 Å². The van der Waals surface area contributed by atoms with Crippen LogP contribution in [0.15, 0.2) is 0 Å². The maximum atomic E-state index is 14.1. The van der Waals surface area contributed by atoms with Crippen LogP contribution >= 0.6 is 0 Å². The fourth-order valence-electron chi connectivity index (χ4n) is 8.25. The molecule has 3 aliphatic rings. The topological polar surface area (TPSA) is 139 Å². The van der Waals surface area contributed by atoms with Gasteiger partial charge >= 0.3 is 0 Å². The van der Waals surface area contributed by atoms with E-state index in [1.807, 2.05) is 25.7 Å². The summed E-state index contributed by atoms with van der Waals surface area (Å²) in [6.45, 7) is 7.89. The molecular weight excluding hydrogens is 630 g/mol. The third kappa shape index (κ3) is 12.2. The van der Waals surface area contributed by atoms with Gasteiger partial charge in [-0.1, -0.05) is 72.1 Å². The summed E-state index contributed by atoms with van der Waals surface area (Å²) in [7, 11) is -0.164. The number of carbonyl (C=O) groups excluding carboxylic acids is 3. The van der Waals surface area contributed by atoms with Crippen LogP contribution in [0.3, 0.4) is 0 Å². The lowest BCUT2D eigenvalue weighted by molar-refractivity contribution is -0.143. The summed E-state index contributed by atoms with van der Waals surface area (Å²) in [6, 6.07) is -0.574. The van der Waals surface area contributed by atoms with E-state index in [1.165, 1.54) is 6.42 Å². The molecule has 3 rings (SSSR count). The lowest BCUT2D eigenvalue weighted by Crippen LogP contribution is -2.55. The first-order valence-corrected chi connectivity index (χ1v) is 20.7. The normalized spacial score (nSPS) is 24.2. The summed E-state index contributed by atoms with van der Waals surface area (Å²) in [5, 5.41) is 16.1. The smallest absolute Gasteiger partial charge is 0.227 e. The molecule has 0 aromatic rings. The van der Waals surface area contributed by atoms with Gasteiger partial charge in [-0.2, -0.15) is 0 Å².